The van der Waals surface area contributed by atoms with Gasteiger partial charge >= 0.3 is 12.4 Å². The molecule has 1 aromatic heterocycles. The van der Waals surface area contributed by atoms with Crippen LogP contribution < -0.4 is 0 Å². The molecule has 7 heteroatoms. The molecule has 0 bridgehead atoms. The molecular formula is C6H3F2NO3S. The van der Waals surface area contributed by atoms with Gasteiger partial charge in [-0.05, 0) is 0 Å². The summed E-state index contributed by atoms with van der Waals surface area (Å²) in [5.74, 6) is -2.79. The molecule has 0 saturated heterocycles. The molecule has 1 aromatic rings. The van der Waals surface area contributed by atoms with Gasteiger partial charge in [-0.3, -0.25) is 4.79 Å². The monoisotopic (exact) mass is 207 g/mol. The third-order valence-corrected chi connectivity index (χ3v) is 1.99. The van der Waals surface area contributed by atoms with Crippen LogP contribution in [0, 0.1) is 0 Å². The highest BCUT2D eigenvalue weighted by atomic mass is 32.1. The lowest BCUT2D eigenvalue weighted by Gasteiger charge is -1.91. The van der Waals surface area contributed by atoms with Gasteiger partial charge in [-0.2, -0.15) is 0 Å². The Kier molecular flexibility index (Phi) is 2.66. The van der Waals surface area contributed by atoms with Crippen molar-refractivity contribution in [1.29, 1.82) is 0 Å². The maximum atomic E-state index is 11.8. The van der Waals surface area contributed by atoms with E-state index in [1.807, 2.05) is 0 Å². The van der Waals surface area contributed by atoms with E-state index in [1.165, 1.54) is 0 Å². The molecular weight excluding hydrogens is 204 g/mol. The zero-order valence-corrected chi connectivity index (χ0v) is 6.85. The summed E-state index contributed by atoms with van der Waals surface area (Å²) in [6.45, 7) is 0. The minimum absolute atomic E-state index is 0.394. The number of carboxylic acid groups (broad SMARTS) is 1. The topological polar surface area (TPSA) is 67.3 Å². The smallest absolute Gasteiger partial charge is 0.355 e. The minimum Gasteiger partial charge on any atom is -0.476 e. The quantitative estimate of drug-likeness (QED) is 0.758. The number of thiazole rings is 1. The molecule has 70 valence electrons. The van der Waals surface area contributed by atoms with E-state index < -0.39 is 28.9 Å². The summed E-state index contributed by atoms with van der Waals surface area (Å²) < 4.78 is 23.6. The Morgan fingerprint density at radius 3 is 2.54 bits per heavy atom. The molecule has 4 nitrogen and oxygen atoms in total. The number of alkyl halides is 2. The molecule has 0 atom stereocenters. The van der Waals surface area contributed by atoms with Crippen molar-refractivity contribution >= 4 is 23.1 Å². The average Bonchev–Trinajstić information content (AvgIpc) is 2.50. The first-order valence-corrected chi connectivity index (χ1v) is 3.91. The predicted molar refractivity (Wildman–Crippen MR) is 39.4 cm³/mol. The Balaban J connectivity index is 2.92. The number of carboxylic acids is 1. The number of aromatic nitrogens is 1. The third kappa shape index (κ3) is 2.05. The molecule has 1 rings (SSSR count). The first-order valence-electron chi connectivity index (χ1n) is 3.03. The van der Waals surface area contributed by atoms with Crippen molar-refractivity contribution in [3.05, 3.63) is 16.1 Å². The second-order valence-electron chi connectivity index (χ2n) is 2.01. The first kappa shape index (κ1) is 9.72. The summed E-state index contributed by atoms with van der Waals surface area (Å²) in [4.78, 5) is 24.1. The summed E-state index contributed by atoms with van der Waals surface area (Å²) in [6.07, 6.45) is -3.15. The van der Waals surface area contributed by atoms with Crippen LogP contribution in [0.4, 0.5) is 8.78 Å². The predicted octanol–water partition coefficient (Wildman–Crippen LogP) is 1.29. The lowest BCUT2D eigenvalue weighted by Crippen LogP contribution is -2.10. The highest BCUT2D eigenvalue weighted by molar-refractivity contribution is 7.12. The fourth-order valence-electron chi connectivity index (χ4n) is 0.578. The van der Waals surface area contributed by atoms with Gasteiger partial charge in [0.25, 0.3) is 5.78 Å². The van der Waals surface area contributed by atoms with Crippen LogP contribution in [0.5, 0.6) is 0 Å². The van der Waals surface area contributed by atoms with Crippen molar-refractivity contribution in [1.82, 2.24) is 4.98 Å². The van der Waals surface area contributed by atoms with E-state index in [1.54, 1.807) is 0 Å². The lowest BCUT2D eigenvalue weighted by molar-refractivity contribution is 0.0675. The van der Waals surface area contributed by atoms with E-state index in [9.17, 15) is 18.4 Å². The summed E-state index contributed by atoms with van der Waals surface area (Å²) in [7, 11) is 0. The van der Waals surface area contributed by atoms with Crippen LogP contribution in [-0.2, 0) is 0 Å². The van der Waals surface area contributed by atoms with Crippen molar-refractivity contribution in [2.45, 2.75) is 6.43 Å². The van der Waals surface area contributed by atoms with E-state index in [2.05, 4.69) is 4.98 Å². The zero-order chi connectivity index (χ0) is 10.0. The molecule has 13 heavy (non-hydrogen) atoms. The van der Waals surface area contributed by atoms with Crippen LogP contribution in [0.3, 0.4) is 0 Å². The average molecular weight is 207 g/mol. The fourth-order valence-corrected chi connectivity index (χ4v) is 1.31. The van der Waals surface area contributed by atoms with Crippen molar-refractivity contribution in [2.75, 3.05) is 0 Å². The summed E-state index contributed by atoms with van der Waals surface area (Å²) >= 11 is 0.593. The number of carbonyl (C=O) groups excluding carboxylic acids is 1. The molecule has 0 unspecified atom stereocenters. The molecule has 0 fully saturated rings. The standard InChI is InChI=1S/C6H3F2NO3S/c7-4(8)3(10)5-9-2(1-13-5)6(11)12/h1,4H,(H,11,12). The second kappa shape index (κ2) is 3.56. The molecule has 0 saturated carbocycles. The van der Waals surface area contributed by atoms with Crippen LogP contribution in [0.2, 0.25) is 0 Å². The van der Waals surface area contributed by atoms with Crippen molar-refractivity contribution in [3.63, 3.8) is 0 Å². The van der Waals surface area contributed by atoms with Crippen molar-refractivity contribution < 1.29 is 23.5 Å². The molecule has 0 amide bonds. The fraction of sp³-hybridized carbons (Fsp3) is 0.167. The number of hydrogen-bond donors (Lipinski definition) is 1. The van der Waals surface area contributed by atoms with E-state index >= 15 is 0 Å². The third-order valence-electron chi connectivity index (χ3n) is 1.13. The maximum Gasteiger partial charge on any atom is 0.355 e. The van der Waals surface area contributed by atoms with Crippen LogP contribution >= 0.6 is 11.3 Å². The number of halogens is 2. The number of ketones is 1. The number of nitrogens with zero attached hydrogens (tertiary/aromatic N) is 1. The Hall–Kier alpha value is -1.37. The molecule has 1 heterocycles. The van der Waals surface area contributed by atoms with E-state index in [4.69, 9.17) is 5.11 Å². The normalized spacial score (nSPS) is 10.4. The lowest BCUT2D eigenvalue weighted by atomic mass is 10.4. The Morgan fingerprint density at radius 2 is 2.15 bits per heavy atom. The van der Waals surface area contributed by atoms with Crippen molar-refractivity contribution in [3.8, 4) is 0 Å². The van der Waals surface area contributed by atoms with E-state index in [0.717, 1.165) is 5.38 Å². The van der Waals surface area contributed by atoms with Gasteiger partial charge in [0.15, 0.2) is 10.7 Å². The number of carbonyl (C=O) groups is 2. The Labute approximate surface area is 74.8 Å². The van der Waals surface area contributed by atoms with Gasteiger partial charge in [-0.1, -0.05) is 0 Å². The van der Waals surface area contributed by atoms with Crippen LogP contribution in [0.15, 0.2) is 5.38 Å². The van der Waals surface area contributed by atoms with Gasteiger partial charge in [0.2, 0.25) is 0 Å². The van der Waals surface area contributed by atoms with Gasteiger partial charge in [-0.25, -0.2) is 18.6 Å². The molecule has 0 aromatic carbocycles. The number of Topliss-reactive ketones (excluding diaryl/α,β-unsaturated/α-hetero) is 1. The number of rotatable bonds is 3. The summed E-state index contributed by atoms with van der Waals surface area (Å²) in [5.41, 5.74) is -0.394. The molecule has 0 aliphatic rings. The van der Waals surface area contributed by atoms with Gasteiger partial charge in [0.05, 0.1) is 0 Å². The Bertz CT molecular complexity index is 349. The number of aromatic carboxylic acids is 1. The van der Waals surface area contributed by atoms with Gasteiger partial charge in [0.1, 0.15) is 0 Å². The van der Waals surface area contributed by atoms with E-state index in [-0.39, 0.29) is 0 Å². The molecule has 0 aliphatic carbocycles. The maximum absolute atomic E-state index is 11.8. The van der Waals surface area contributed by atoms with Gasteiger partial charge in [-0.15, -0.1) is 11.3 Å². The van der Waals surface area contributed by atoms with Crippen LogP contribution in [0.1, 0.15) is 20.3 Å². The van der Waals surface area contributed by atoms with E-state index in [0.29, 0.717) is 11.3 Å². The zero-order valence-electron chi connectivity index (χ0n) is 6.03. The minimum atomic E-state index is -3.15. The highest BCUT2D eigenvalue weighted by Gasteiger charge is 2.22. The molecule has 1 N–H and O–H groups in total. The van der Waals surface area contributed by atoms with Crippen LogP contribution in [-0.4, -0.2) is 28.3 Å². The largest absolute Gasteiger partial charge is 0.476 e. The Morgan fingerprint density at radius 1 is 1.54 bits per heavy atom. The first-order chi connectivity index (χ1) is 6.02. The summed E-state index contributed by atoms with van der Waals surface area (Å²) in [5, 5.41) is 8.92. The van der Waals surface area contributed by atoms with Crippen LogP contribution in [0.25, 0.3) is 0 Å². The number of hydrogen-bond acceptors (Lipinski definition) is 4. The van der Waals surface area contributed by atoms with Crippen molar-refractivity contribution in [2.24, 2.45) is 0 Å². The second-order valence-corrected chi connectivity index (χ2v) is 2.87. The molecule has 0 aliphatic heterocycles. The molecule has 0 radical (unpaired) electrons. The molecule has 0 spiro atoms. The SMILES string of the molecule is O=C(O)c1csc(C(=O)C(F)F)n1. The highest BCUT2D eigenvalue weighted by Crippen LogP contribution is 2.13. The van der Waals surface area contributed by atoms with Gasteiger partial charge < -0.3 is 5.11 Å². The summed E-state index contributed by atoms with van der Waals surface area (Å²) in [6, 6.07) is 0. The van der Waals surface area contributed by atoms with Gasteiger partial charge in [0, 0.05) is 5.38 Å².